The quantitative estimate of drug-likeness (QED) is 0.321. The third-order valence-corrected chi connectivity index (χ3v) is 4.71. The Morgan fingerprint density at radius 3 is 2.72 bits per heavy atom. The van der Waals surface area contributed by atoms with Crippen LogP contribution in [0.1, 0.15) is 16.6 Å². The number of hydrogen-bond acceptors (Lipinski definition) is 10. The molecule has 13 nitrogen and oxygen atoms in total. The van der Waals surface area contributed by atoms with Crippen molar-refractivity contribution in [2.75, 3.05) is 26.0 Å². The van der Waals surface area contributed by atoms with Gasteiger partial charge in [0, 0.05) is 20.3 Å². The number of hydrogen-bond donors (Lipinski definition) is 5. The largest absolute Gasteiger partial charge is 0.394 e. The average Bonchev–Trinajstić information content (AvgIpc) is 3.45. The highest BCUT2D eigenvalue weighted by atomic mass is 16.6. The van der Waals surface area contributed by atoms with Crippen LogP contribution in [-0.4, -0.2) is 89.5 Å². The number of carbonyl (C=O) groups is 1. The van der Waals surface area contributed by atoms with Crippen molar-refractivity contribution >= 4 is 22.9 Å². The second kappa shape index (κ2) is 7.36. The van der Waals surface area contributed by atoms with Gasteiger partial charge >= 0.3 is 0 Å². The van der Waals surface area contributed by atoms with Crippen LogP contribution in [0.25, 0.3) is 17.1 Å². The third kappa shape index (κ3) is 3.09. The molecule has 13 heteroatoms. The van der Waals surface area contributed by atoms with E-state index in [1.807, 2.05) is 0 Å². The number of nitrogens with one attached hydrogen (secondary N) is 2. The van der Waals surface area contributed by atoms with Crippen LogP contribution in [-0.2, 0) is 4.74 Å². The molecule has 4 rings (SSSR count). The van der Waals surface area contributed by atoms with E-state index in [1.54, 1.807) is 7.05 Å². The average molecular weight is 404 g/mol. The Bertz CT molecular complexity index is 1050. The van der Waals surface area contributed by atoms with Crippen LogP contribution >= 0.6 is 0 Å². The molecule has 29 heavy (non-hydrogen) atoms. The van der Waals surface area contributed by atoms with Crippen LogP contribution in [0.4, 0.5) is 5.82 Å². The number of aliphatic hydroxyl groups excluding tert-OH is 3. The minimum absolute atomic E-state index is 0.158. The number of amides is 1. The summed E-state index contributed by atoms with van der Waals surface area (Å²) in [4.78, 5) is 24.9. The number of anilines is 1. The molecule has 4 heterocycles. The molecule has 1 aliphatic heterocycles. The molecule has 3 aromatic heterocycles. The zero-order valence-corrected chi connectivity index (χ0v) is 15.6. The van der Waals surface area contributed by atoms with E-state index in [4.69, 9.17) is 4.74 Å². The molecule has 154 valence electrons. The summed E-state index contributed by atoms with van der Waals surface area (Å²) in [6.45, 7) is -0.446. The maximum absolute atomic E-state index is 11.8. The molecule has 3 aromatic rings. The van der Waals surface area contributed by atoms with Crippen molar-refractivity contribution in [2.24, 2.45) is 0 Å². The number of aromatic nitrogens is 6. The minimum atomic E-state index is -1.29. The lowest BCUT2D eigenvalue weighted by Gasteiger charge is -2.17. The van der Waals surface area contributed by atoms with Crippen molar-refractivity contribution in [1.82, 2.24) is 34.6 Å². The summed E-state index contributed by atoms with van der Waals surface area (Å²) in [5, 5.41) is 39.3. The summed E-state index contributed by atoms with van der Waals surface area (Å²) in [6.07, 6.45) is -0.207. The number of ether oxygens (including phenoxy) is 1. The van der Waals surface area contributed by atoms with Crippen LogP contribution in [0.2, 0.25) is 0 Å². The first-order valence-electron chi connectivity index (χ1n) is 8.80. The number of aliphatic hydroxyl groups is 3. The maximum Gasteiger partial charge on any atom is 0.254 e. The molecule has 1 unspecified atom stereocenters. The van der Waals surface area contributed by atoms with Gasteiger partial charge in [-0.2, -0.15) is 15.1 Å². The summed E-state index contributed by atoms with van der Waals surface area (Å²) in [5.74, 6) is 0.251. The van der Waals surface area contributed by atoms with E-state index in [-0.39, 0.29) is 11.9 Å². The van der Waals surface area contributed by atoms with Gasteiger partial charge in [0.25, 0.3) is 11.9 Å². The smallest absolute Gasteiger partial charge is 0.254 e. The highest BCUT2D eigenvalue weighted by Crippen LogP contribution is 2.32. The van der Waals surface area contributed by atoms with Gasteiger partial charge in [-0.25, -0.2) is 9.67 Å². The molecule has 4 atom stereocenters. The SMILES string of the molecule is CNC(=O)c1cnn(-c2nc(NC)c3ncn([C@@H]4O[C@H](CO)C(O)[C@@H]4O)c3n2)c1. The van der Waals surface area contributed by atoms with Crippen LogP contribution in [0.3, 0.4) is 0 Å². The van der Waals surface area contributed by atoms with E-state index in [9.17, 15) is 20.1 Å². The Balaban J connectivity index is 1.80. The lowest BCUT2D eigenvalue weighted by Crippen LogP contribution is -2.33. The lowest BCUT2D eigenvalue weighted by atomic mass is 10.1. The summed E-state index contributed by atoms with van der Waals surface area (Å²) >= 11 is 0. The van der Waals surface area contributed by atoms with Crippen LogP contribution in [0.15, 0.2) is 18.7 Å². The van der Waals surface area contributed by atoms with Gasteiger partial charge in [-0.15, -0.1) is 0 Å². The predicted octanol–water partition coefficient (Wildman–Crippen LogP) is -1.98. The molecule has 0 spiro atoms. The van der Waals surface area contributed by atoms with Gasteiger partial charge in [-0.05, 0) is 0 Å². The van der Waals surface area contributed by atoms with Gasteiger partial charge < -0.3 is 30.7 Å². The van der Waals surface area contributed by atoms with E-state index in [2.05, 4.69) is 30.7 Å². The maximum atomic E-state index is 11.8. The predicted molar refractivity (Wildman–Crippen MR) is 98.4 cm³/mol. The van der Waals surface area contributed by atoms with Crippen molar-refractivity contribution in [2.45, 2.75) is 24.5 Å². The van der Waals surface area contributed by atoms with Gasteiger partial charge in [0.05, 0.1) is 24.7 Å². The fourth-order valence-corrected chi connectivity index (χ4v) is 3.17. The van der Waals surface area contributed by atoms with Gasteiger partial charge in [0.2, 0.25) is 0 Å². The fraction of sp³-hybridized carbons (Fsp3) is 0.438. The first-order valence-corrected chi connectivity index (χ1v) is 8.80. The molecular weight excluding hydrogens is 384 g/mol. The topological polar surface area (TPSA) is 172 Å². The van der Waals surface area contributed by atoms with E-state index >= 15 is 0 Å². The second-order valence-electron chi connectivity index (χ2n) is 6.43. The number of carbonyl (C=O) groups excluding carboxylic acids is 1. The second-order valence-corrected chi connectivity index (χ2v) is 6.43. The molecule has 0 radical (unpaired) electrons. The van der Waals surface area contributed by atoms with Crippen molar-refractivity contribution in [3.8, 4) is 5.95 Å². The van der Waals surface area contributed by atoms with Gasteiger partial charge in [0.15, 0.2) is 23.2 Å². The molecule has 0 aromatic carbocycles. The van der Waals surface area contributed by atoms with E-state index < -0.39 is 31.1 Å². The highest BCUT2D eigenvalue weighted by molar-refractivity contribution is 5.93. The highest BCUT2D eigenvalue weighted by Gasteiger charge is 2.44. The van der Waals surface area contributed by atoms with Crippen LogP contribution in [0, 0.1) is 0 Å². The Hall–Kier alpha value is -3.13. The molecule has 0 saturated carbocycles. The molecule has 1 saturated heterocycles. The monoisotopic (exact) mass is 404 g/mol. The normalized spacial score (nSPS) is 24.2. The van der Waals surface area contributed by atoms with Crippen LogP contribution < -0.4 is 10.6 Å². The lowest BCUT2D eigenvalue weighted by molar-refractivity contribution is -0.0511. The Morgan fingerprint density at radius 2 is 2.07 bits per heavy atom. The molecule has 0 bridgehead atoms. The van der Waals surface area contributed by atoms with Gasteiger partial charge in [-0.1, -0.05) is 0 Å². The van der Waals surface area contributed by atoms with Gasteiger partial charge in [-0.3, -0.25) is 9.36 Å². The molecule has 1 fully saturated rings. The van der Waals surface area contributed by atoms with Crippen molar-refractivity contribution < 1.29 is 24.9 Å². The number of fused-ring (bicyclic) bond motifs is 1. The zero-order chi connectivity index (χ0) is 20.7. The van der Waals surface area contributed by atoms with Crippen molar-refractivity contribution in [1.29, 1.82) is 0 Å². The Labute approximate surface area is 164 Å². The van der Waals surface area contributed by atoms with Crippen molar-refractivity contribution in [3.63, 3.8) is 0 Å². The number of nitrogens with zero attached hydrogens (tertiary/aromatic N) is 6. The van der Waals surface area contributed by atoms with Crippen LogP contribution in [0.5, 0.6) is 0 Å². The Kier molecular flexibility index (Phi) is 4.87. The molecule has 0 aliphatic carbocycles. The minimum Gasteiger partial charge on any atom is -0.394 e. The molecular formula is C16H20N8O5. The Morgan fingerprint density at radius 1 is 1.28 bits per heavy atom. The van der Waals surface area contributed by atoms with E-state index in [1.165, 1.54) is 35.0 Å². The third-order valence-electron chi connectivity index (χ3n) is 4.71. The molecule has 5 N–H and O–H groups in total. The van der Waals surface area contributed by atoms with Crippen molar-refractivity contribution in [3.05, 3.63) is 24.3 Å². The first-order chi connectivity index (χ1) is 14.0. The standard InChI is InChI=1S/C16H20N8O5/c1-17-12-9-13(22-16(21-12)24-4-7(3-20-24)14(28)18-2)23(6-19-9)15-11(27)10(26)8(5-25)29-15/h3-4,6,8,10-11,15,25-27H,5H2,1-2H3,(H,18,28)(H,17,21,22)/t8-,10?,11+,15-/m1/s1. The number of imidazole rings is 1. The summed E-state index contributed by atoms with van der Waals surface area (Å²) in [7, 11) is 3.18. The van der Waals surface area contributed by atoms with Gasteiger partial charge in [0.1, 0.15) is 18.3 Å². The molecule has 1 aliphatic rings. The fourth-order valence-electron chi connectivity index (χ4n) is 3.17. The summed E-state index contributed by atoms with van der Waals surface area (Å²) < 4.78 is 8.36. The summed E-state index contributed by atoms with van der Waals surface area (Å²) in [5.41, 5.74) is 1.05. The zero-order valence-electron chi connectivity index (χ0n) is 15.6. The van der Waals surface area contributed by atoms with E-state index in [0.717, 1.165) is 0 Å². The molecule has 1 amide bonds. The number of rotatable bonds is 5. The first kappa shape index (κ1) is 19.2. The summed E-state index contributed by atoms with van der Waals surface area (Å²) in [6, 6.07) is 0. The van der Waals surface area contributed by atoms with E-state index in [0.29, 0.717) is 22.5 Å².